The highest BCUT2D eigenvalue weighted by atomic mass is 19.1. The number of nitrogens with one attached hydrogen (secondary N) is 1. The summed E-state index contributed by atoms with van der Waals surface area (Å²) < 4.78 is 19.6. The maximum absolute atomic E-state index is 14.0. The zero-order valence-corrected chi connectivity index (χ0v) is 12.3. The summed E-state index contributed by atoms with van der Waals surface area (Å²) in [6.07, 6.45) is 0. The van der Waals surface area contributed by atoms with Gasteiger partial charge in [-0.05, 0) is 31.2 Å². The van der Waals surface area contributed by atoms with E-state index >= 15 is 0 Å². The second-order valence-electron chi connectivity index (χ2n) is 5.03. The van der Waals surface area contributed by atoms with Crippen LogP contribution in [0.5, 0.6) is 5.75 Å². The lowest BCUT2D eigenvalue weighted by molar-refractivity contribution is 0.105. The van der Waals surface area contributed by atoms with Gasteiger partial charge in [-0.25, -0.2) is 4.39 Å². The van der Waals surface area contributed by atoms with E-state index in [1.165, 1.54) is 0 Å². The van der Waals surface area contributed by atoms with Crippen LogP contribution in [0.1, 0.15) is 11.1 Å². The molecule has 1 atom stereocenters. The van der Waals surface area contributed by atoms with Gasteiger partial charge in [-0.3, -0.25) is 0 Å². The van der Waals surface area contributed by atoms with Gasteiger partial charge in [0, 0.05) is 0 Å². The first kappa shape index (κ1) is 15.5. The van der Waals surface area contributed by atoms with Gasteiger partial charge >= 0.3 is 0 Å². The summed E-state index contributed by atoms with van der Waals surface area (Å²) in [5.74, 6) is -0.174. The Morgan fingerprint density at radius 1 is 1.14 bits per heavy atom. The summed E-state index contributed by atoms with van der Waals surface area (Å²) >= 11 is 0. The standard InChI is InChI=1S/C17H20FNO2/c1-13-7-6-10-15(16(13)18)21-12-17(11-20,19-2)14-8-4-3-5-9-14/h3-10,19-20H,11-12H2,1-2H3. The van der Waals surface area contributed by atoms with E-state index in [2.05, 4.69) is 5.32 Å². The number of hydrogen-bond acceptors (Lipinski definition) is 3. The van der Waals surface area contributed by atoms with Gasteiger partial charge < -0.3 is 15.2 Å². The van der Waals surface area contributed by atoms with E-state index in [9.17, 15) is 9.50 Å². The molecule has 0 aliphatic carbocycles. The van der Waals surface area contributed by atoms with E-state index in [-0.39, 0.29) is 24.8 Å². The molecule has 0 aliphatic rings. The maximum atomic E-state index is 14.0. The Hall–Kier alpha value is -1.91. The SMILES string of the molecule is CNC(CO)(COc1cccc(C)c1F)c1ccccc1. The fourth-order valence-corrected chi connectivity index (χ4v) is 2.21. The molecule has 112 valence electrons. The minimum Gasteiger partial charge on any atom is -0.488 e. The van der Waals surface area contributed by atoms with Crippen LogP contribution in [0.3, 0.4) is 0 Å². The molecule has 0 aliphatic heterocycles. The average Bonchev–Trinajstić information content (AvgIpc) is 2.53. The summed E-state index contributed by atoms with van der Waals surface area (Å²) in [5.41, 5.74) is 0.659. The predicted molar refractivity (Wildman–Crippen MR) is 80.9 cm³/mol. The van der Waals surface area contributed by atoms with Crippen LogP contribution in [0.25, 0.3) is 0 Å². The third-order valence-corrected chi connectivity index (χ3v) is 3.71. The van der Waals surface area contributed by atoms with E-state index in [1.807, 2.05) is 30.3 Å². The molecule has 2 aromatic rings. The molecule has 2 N–H and O–H groups in total. The van der Waals surface area contributed by atoms with Gasteiger partial charge in [0.1, 0.15) is 12.1 Å². The predicted octanol–water partition coefficient (Wildman–Crippen LogP) is 2.62. The largest absolute Gasteiger partial charge is 0.488 e. The Morgan fingerprint density at radius 2 is 1.86 bits per heavy atom. The van der Waals surface area contributed by atoms with Crippen molar-refractivity contribution in [3.8, 4) is 5.75 Å². The van der Waals surface area contributed by atoms with E-state index in [1.54, 1.807) is 32.2 Å². The van der Waals surface area contributed by atoms with Crippen LogP contribution >= 0.6 is 0 Å². The molecule has 0 amide bonds. The molecular formula is C17H20FNO2. The van der Waals surface area contributed by atoms with Crippen molar-refractivity contribution in [1.29, 1.82) is 0 Å². The quantitative estimate of drug-likeness (QED) is 0.859. The van der Waals surface area contributed by atoms with Gasteiger partial charge in [0.2, 0.25) is 0 Å². The minimum absolute atomic E-state index is 0.129. The molecule has 4 heteroatoms. The van der Waals surface area contributed by atoms with Crippen LogP contribution in [0, 0.1) is 12.7 Å². The molecule has 2 rings (SSSR count). The first-order chi connectivity index (χ1) is 10.1. The molecule has 1 unspecified atom stereocenters. The van der Waals surface area contributed by atoms with Crippen molar-refractivity contribution in [3.05, 3.63) is 65.5 Å². The smallest absolute Gasteiger partial charge is 0.167 e. The van der Waals surface area contributed by atoms with Crippen molar-refractivity contribution < 1.29 is 14.2 Å². The van der Waals surface area contributed by atoms with Gasteiger partial charge in [0.15, 0.2) is 11.6 Å². The molecule has 21 heavy (non-hydrogen) atoms. The topological polar surface area (TPSA) is 41.5 Å². The van der Waals surface area contributed by atoms with Crippen molar-refractivity contribution >= 4 is 0 Å². The van der Waals surface area contributed by atoms with Crippen molar-refractivity contribution in [2.75, 3.05) is 20.3 Å². The van der Waals surface area contributed by atoms with Crippen LogP contribution in [0.2, 0.25) is 0 Å². The molecule has 0 bridgehead atoms. The van der Waals surface area contributed by atoms with Gasteiger partial charge in [0.05, 0.1) is 6.61 Å². The molecule has 0 spiro atoms. The Kier molecular flexibility index (Phi) is 4.94. The number of ether oxygens (including phenoxy) is 1. The third kappa shape index (κ3) is 3.23. The van der Waals surface area contributed by atoms with Crippen LogP contribution in [0.15, 0.2) is 48.5 Å². The molecule has 0 saturated carbocycles. The third-order valence-electron chi connectivity index (χ3n) is 3.71. The monoisotopic (exact) mass is 289 g/mol. The second kappa shape index (κ2) is 6.70. The highest BCUT2D eigenvalue weighted by Crippen LogP contribution is 2.25. The summed E-state index contributed by atoms with van der Waals surface area (Å²) in [7, 11) is 1.75. The summed E-state index contributed by atoms with van der Waals surface area (Å²) in [4.78, 5) is 0. The highest BCUT2D eigenvalue weighted by molar-refractivity contribution is 5.31. The zero-order valence-electron chi connectivity index (χ0n) is 12.3. The van der Waals surface area contributed by atoms with Crippen molar-refractivity contribution in [2.45, 2.75) is 12.5 Å². The zero-order chi connectivity index (χ0) is 15.3. The number of likely N-dealkylation sites (N-methyl/N-ethyl adjacent to an activating group) is 1. The number of benzene rings is 2. The number of aliphatic hydroxyl groups is 1. The van der Waals surface area contributed by atoms with Crippen LogP contribution in [0.4, 0.5) is 4.39 Å². The fraction of sp³-hybridized carbons (Fsp3) is 0.294. The van der Waals surface area contributed by atoms with Crippen molar-refractivity contribution in [3.63, 3.8) is 0 Å². The van der Waals surface area contributed by atoms with Crippen LogP contribution < -0.4 is 10.1 Å². The number of hydrogen-bond donors (Lipinski definition) is 2. The lowest BCUT2D eigenvalue weighted by Crippen LogP contribution is -2.48. The fourth-order valence-electron chi connectivity index (χ4n) is 2.21. The molecule has 3 nitrogen and oxygen atoms in total. The molecule has 0 heterocycles. The van der Waals surface area contributed by atoms with E-state index < -0.39 is 5.54 Å². The normalized spacial score (nSPS) is 13.7. The van der Waals surface area contributed by atoms with Crippen LogP contribution in [-0.2, 0) is 5.54 Å². The summed E-state index contributed by atoms with van der Waals surface area (Å²) in [6.45, 7) is 1.67. The number of halogens is 1. The van der Waals surface area contributed by atoms with Crippen LogP contribution in [-0.4, -0.2) is 25.4 Å². The summed E-state index contributed by atoms with van der Waals surface area (Å²) in [5, 5.41) is 12.9. The van der Waals surface area contributed by atoms with Gasteiger partial charge in [-0.15, -0.1) is 0 Å². The summed E-state index contributed by atoms with van der Waals surface area (Å²) in [6, 6.07) is 14.5. The van der Waals surface area contributed by atoms with E-state index in [0.29, 0.717) is 5.56 Å². The number of aliphatic hydroxyl groups excluding tert-OH is 1. The molecular weight excluding hydrogens is 269 g/mol. The van der Waals surface area contributed by atoms with E-state index in [0.717, 1.165) is 5.56 Å². The minimum atomic E-state index is -0.766. The number of aryl methyl sites for hydroxylation is 1. The number of rotatable bonds is 6. The average molecular weight is 289 g/mol. The first-order valence-corrected chi connectivity index (χ1v) is 6.86. The first-order valence-electron chi connectivity index (χ1n) is 6.86. The molecule has 0 radical (unpaired) electrons. The van der Waals surface area contributed by atoms with Gasteiger partial charge in [0.25, 0.3) is 0 Å². The molecule has 0 saturated heterocycles. The maximum Gasteiger partial charge on any atom is 0.167 e. The van der Waals surface area contributed by atoms with Crippen molar-refractivity contribution in [1.82, 2.24) is 5.32 Å². The molecule has 0 fully saturated rings. The molecule has 2 aromatic carbocycles. The van der Waals surface area contributed by atoms with Crippen molar-refractivity contribution in [2.24, 2.45) is 0 Å². The van der Waals surface area contributed by atoms with Gasteiger partial charge in [-0.1, -0.05) is 42.5 Å². The Bertz CT molecular complexity index is 583. The highest BCUT2D eigenvalue weighted by Gasteiger charge is 2.31. The van der Waals surface area contributed by atoms with Gasteiger partial charge in [-0.2, -0.15) is 0 Å². The lowest BCUT2D eigenvalue weighted by Gasteiger charge is -2.32. The lowest BCUT2D eigenvalue weighted by atomic mass is 9.92. The molecule has 0 aromatic heterocycles. The Labute approximate surface area is 124 Å². The Morgan fingerprint density at radius 3 is 2.48 bits per heavy atom. The second-order valence-corrected chi connectivity index (χ2v) is 5.03. The van der Waals surface area contributed by atoms with E-state index in [4.69, 9.17) is 4.74 Å². The Balaban J connectivity index is 2.23.